The number of halogens is 2. The van der Waals surface area contributed by atoms with Crippen molar-refractivity contribution >= 4 is 17.2 Å². The number of ether oxygens (including phenoxy) is 1. The molecule has 1 fully saturated rings. The first kappa shape index (κ1) is 24.2. The van der Waals surface area contributed by atoms with Gasteiger partial charge >= 0.3 is 0 Å². The van der Waals surface area contributed by atoms with E-state index in [4.69, 9.17) is 4.74 Å². The summed E-state index contributed by atoms with van der Waals surface area (Å²) in [6, 6.07) is 5.39. The van der Waals surface area contributed by atoms with Crippen LogP contribution in [0.5, 0.6) is 5.75 Å². The second kappa shape index (κ2) is 11.0. The first-order valence-corrected chi connectivity index (χ1v) is 12.0. The number of aromatic nitrogens is 3. The molecule has 1 aromatic carbocycles. The van der Waals surface area contributed by atoms with E-state index in [-0.39, 0.29) is 25.1 Å². The number of carbonyl (C=O) groups is 1. The quantitative estimate of drug-likeness (QED) is 0.512. The molecular formula is C24H27F2N5O2S. The van der Waals surface area contributed by atoms with Crippen LogP contribution in [-0.4, -0.2) is 57.9 Å². The number of aryl methyl sites for hydroxylation is 2. The van der Waals surface area contributed by atoms with Gasteiger partial charge in [-0.3, -0.25) is 19.7 Å². The molecule has 180 valence electrons. The van der Waals surface area contributed by atoms with Gasteiger partial charge in [0, 0.05) is 41.5 Å². The Hall–Kier alpha value is -2.98. The summed E-state index contributed by atoms with van der Waals surface area (Å²) < 4.78 is 31.5. The predicted octanol–water partition coefficient (Wildman–Crippen LogP) is 4.26. The van der Waals surface area contributed by atoms with Gasteiger partial charge in [0.1, 0.15) is 16.9 Å². The van der Waals surface area contributed by atoms with Crippen molar-refractivity contribution in [1.82, 2.24) is 25.2 Å². The summed E-state index contributed by atoms with van der Waals surface area (Å²) in [5, 5.41) is 3.68. The fraction of sp³-hybridized carbons (Fsp3) is 0.417. The van der Waals surface area contributed by atoms with Gasteiger partial charge in [-0.05, 0) is 44.9 Å². The predicted molar refractivity (Wildman–Crippen MR) is 126 cm³/mol. The smallest absolute Gasteiger partial charge is 0.251 e. The van der Waals surface area contributed by atoms with E-state index in [1.165, 1.54) is 11.3 Å². The number of nitrogens with zero attached hydrogens (tertiary/aromatic N) is 4. The van der Waals surface area contributed by atoms with Crippen molar-refractivity contribution in [3.63, 3.8) is 0 Å². The van der Waals surface area contributed by atoms with Gasteiger partial charge in [0.25, 0.3) is 12.3 Å². The molecule has 1 aliphatic rings. The Morgan fingerprint density at radius 1 is 1.15 bits per heavy atom. The fourth-order valence-electron chi connectivity index (χ4n) is 3.79. The highest BCUT2D eigenvalue weighted by atomic mass is 32.1. The zero-order valence-corrected chi connectivity index (χ0v) is 19.9. The number of nitrogens with one attached hydrogen (secondary N) is 1. The van der Waals surface area contributed by atoms with Crippen LogP contribution in [-0.2, 0) is 6.54 Å². The molecule has 1 amide bonds. The molecule has 34 heavy (non-hydrogen) atoms. The molecule has 1 N–H and O–H groups in total. The molecular weight excluding hydrogens is 460 g/mol. The Labute approximate surface area is 201 Å². The largest absolute Gasteiger partial charge is 0.490 e. The lowest BCUT2D eigenvalue weighted by Gasteiger charge is -2.32. The minimum absolute atomic E-state index is 0.0963. The maximum Gasteiger partial charge on any atom is 0.251 e. The molecule has 0 spiro atoms. The molecule has 0 atom stereocenters. The van der Waals surface area contributed by atoms with E-state index in [0.717, 1.165) is 21.1 Å². The van der Waals surface area contributed by atoms with E-state index in [2.05, 4.69) is 20.3 Å². The van der Waals surface area contributed by atoms with Gasteiger partial charge in [-0.1, -0.05) is 0 Å². The van der Waals surface area contributed by atoms with Gasteiger partial charge in [-0.2, -0.15) is 0 Å². The van der Waals surface area contributed by atoms with E-state index in [9.17, 15) is 13.6 Å². The third-order valence-corrected chi connectivity index (χ3v) is 6.50. The van der Waals surface area contributed by atoms with Crippen molar-refractivity contribution in [2.24, 2.45) is 0 Å². The van der Waals surface area contributed by atoms with Crippen molar-refractivity contribution in [1.29, 1.82) is 0 Å². The Morgan fingerprint density at radius 2 is 1.94 bits per heavy atom. The molecule has 0 bridgehead atoms. The lowest BCUT2D eigenvalue weighted by molar-refractivity contribution is 0.0478. The third-order valence-electron chi connectivity index (χ3n) is 5.53. The van der Waals surface area contributed by atoms with Gasteiger partial charge in [0.15, 0.2) is 0 Å². The summed E-state index contributed by atoms with van der Waals surface area (Å²) in [4.78, 5) is 28.7. The lowest BCUT2D eigenvalue weighted by atomic mass is 10.1. The maximum absolute atomic E-state index is 13.0. The number of benzene rings is 1. The van der Waals surface area contributed by atoms with Crippen LogP contribution in [0.1, 0.15) is 39.5 Å². The second-order valence-electron chi connectivity index (χ2n) is 8.36. The summed E-state index contributed by atoms with van der Waals surface area (Å²) in [6.45, 7) is 5.00. The summed E-state index contributed by atoms with van der Waals surface area (Å²) >= 11 is 1.54. The topological polar surface area (TPSA) is 80.2 Å². The number of alkyl halides is 2. The zero-order chi connectivity index (χ0) is 24.1. The van der Waals surface area contributed by atoms with Gasteiger partial charge < -0.3 is 10.1 Å². The number of rotatable bonds is 8. The highest BCUT2D eigenvalue weighted by Crippen LogP contribution is 2.31. The summed E-state index contributed by atoms with van der Waals surface area (Å²) in [7, 11) is 0. The number of hydrogen-bond donors (Lipinski definition) is 1. The normalized spacial score (nSPS) is 15.0. The van der Waals surface area contributed by atoms with E-state index in [0.29, 0.717) is 42.9 Å². The standard InChI is InChI=1S/C24H27F2N5O2S/c1-15-10-28-19(12-27-15)13-29-23(32)17-7-18(24-30-11-16(2)34-24)9-21(8-17)33-20-3-5-31(6-4-20)14-22(25)26/h7-12,20,22H,3-6,13-14H2,1-2H3,(H,29,32). The SMILES string of the molecule is Cc1cnc(CNC(=O)c2cc(OC3CCN(CC(F)F)CC3)cc(-c3ncc(C)s3)c2)cn1. The van der Waals surface area contributed by atoms with E-state index < -0.39 is 6.43 Å². The third kappa shape index (κ3) is 6.54. The van der Waals surface area contributed by atoms with E-state index in [1.54, 1.807) is 35.6 Å². The molecule has 10 heteroatoms. The van der Waals surface area contributed by atoms with Crippen LogP contribution in [0.4, 0.5) is 8.78 Å². The second-order valence-corrected chi connectivity index (χ2v) is 9.60. The minimum atomic E-state index is -2.33. The van der Waals surface area contributed by atoms with Crippen molar-refractivity contribution < 1.29 is 18.3 Å². The molecule has 0 radical (unpaired) electrons. The molecule has 0 saturated carbocycles. The summed E-state index contributed by atoms with van der Waals surface area (Å²) in [5.41, 5.74) is 2.72. The highest BCUT2D eigenvalue weighted by Gasteiger charge is 2.23. The fourth-order valence-corrected chi connectivity index (χ4v) is 4.54. The zero-order valence-electron chi connectivity index (χ0n) is 19.1. The first-order valence-electron chi connectivity index (χ1n) is 11.2. The minimum Gasteiger partial charge on any atom is -0.490 e. The molecule has 3 heterocycles. The van der Waals surface area contributed by atoms with Crippen LogP contribution >= 0.6 is 11.3 Å². The van der Waals surface area contributed by atoms with Gasteiger partial charge in [-0.25, -0.2) is 13.8 Å². The molecule has 4 rings (SSSR count). The van der Waals surface area contributed by atoms with Crippen molar-refractivity contribution in [2.75, 3.05) is 19.6 Å². The molecule has 3 aromatic rings. The maximum atomic E-state index is 13.0. The van der Waals surface area contributed by atoms with Crippen LogP contribution in [0, 0.1) is 13.8 Å². The molecule has 1 saturated heterocycles. The Balaban J connectivity index is 1.49. The van der Waals surface area contributed by atoms with Crippen LogP contribution in [0.15, 0.2) is 36.8 Å². The Kier molecular flexibility index (Phi) is 7.79. The highest BCUT2D eigenvalue weighted by molar-refractivity contribution is 7.14. The van der Waals surface area contributed by atoms with Crippen molar-refractivity contribution in [3.8, 4) is 16.3 Å². The Bertz CT molecular complexity index is 1110. The number of thiazole rings is 1. The average Bonchev–Trinajstić information content (AvgIpc) is 3.25. The summed E-state index contributed by atoms with van der Waals surface area (Å²) in [6.07, 6.45) is 3.97. The Morgan fingerprint density at radius 3 is 2.59 bits per heavy atom. The van der Waals surface area contributed by atoms with Crippen LogP contribution < -0.4 is 10.1 Å². The van der Waals surface area contributed by atoms with Gasteiger partial charge in [0.05, 0.1) is 30.7 Å². The van der Waals surface area contributed by atoms with Gasteiger partial charge in [-0.15, -0.1) is 11.3 Å². The van der Waals surface area contributed by atoms with E-state index in [1.807, 2.05) is 19.9 Å². The number of carbonyl (C=O) groups excluding carboxylic acids is 1. The van der Waals surface area contributed by atoms with Crippen LogP contribution in [0.2, 0.25) is 0 Å². The number of amides is 1. The number of piperidine rings is 1. The molecule has 0 unspecified atom stereocenters. The molecule has 1 aliphatic heterocycles. The average molecular weight is 488 g/mol. The molecule has 7 nitrogen and oxygen atoms in total. The van der Waals surface area contributed by atoms with Crippen molar-refractivity contribution in [2.45, 2.75) is 45.8 Å². The monoisotopic (exact) mass is 487 g/mol. The van der Waals surface area contributed by atoms with Crippen LogP contribution in [0.3, 0.4) is 0 Å². The van der Waals surface area contributed by atoms with Gasteiger partial charge in [0.2, 0.25) is 0 Å². The number of likely N-dealkylation sites (tertiary alicyclic amines) is 1. The lowest BCUT2D eigenvalue weighted by Crippen LogP contribution is -2.40. The van der Waals surface area contributed by atoms with E-state index >= 15 is 0 Å². The first-order chi connectivity index (χ1) is 16.4. The van der Waals surface area contributed by atoms with Crippen LogP contribution in [0.25, 0.3) is 10.6 Å². The van der Waals surface area contributed by atoms with Crippen molar-refractivity contribution in [3.05, 3.63) is 58.6 Å². The molecule has 0 aliphatic carbocycles. The molecule has 2 aromatic heterocycles. The number of hydrogen-bond acceptors (Lipinski definition) is 7. The summed E-state index contributed by atoms with van der Waals surface area (Å²) in [5.74, 6) is 0.312.